The molecule has 0 N–H and O–H groups in total. The summed E-state index contributed by atoms with van der Waals surface area (Å²) in [5.41, 5.74) is 5.71. The highest BCUT2D eigenvalue weighted by Gasteiger charge is 2.07. The molecule has 17 heavy (non-hydrogen) atoms. The molecule has 2 rings (SSSR count). The average Bonchev–Trinajstić information content (AvgIpc) is 2.28. The lowest BCUT2D eigenvalue weighted by atomic mass is 10.1. The van der Waals surface area contributed by atoms with E-state index < -0.39 is 8.07 Å². The SMILES string of the molecule is C[Si](C)(C)C#CCc1cccc2cccnc12. The van der Waals surface area contributed by atoms with Crippen molar-refractivity contribution in [1.82, 2.24) is 4.98 Å². The maximum absolute atomic E-state index is 4.44. The maximum atomic E-state index is 4.44. The van der Waals surface area contributed by atoms with Crippen LogP contribution in [0.2, 0.25) is 19.6 Å². The number of hydrogen-bond acceptors (Lipinski definition) is 1. The molecule has 0 saturated carbocycles. The Hall–Kier alpha value is -1.59. The lowest BCUT2D eigenvalue weighted by Crippen LogP contribution is -2.16. The average molecular weight is 239 g/mol. The molecule has 0 unspecified atom stereocenters. The molecule has 2 aromatic rings. The van der Waals surface area contributed by atoms with Crippen LogP contribution in [-0.4, -0.2) is 13.1 Å². The van der Waals surface area contributed by atoms with Crippen LogP contribution in [0.1, 0.15) is 5.56 Å². The van der Waals surface area contributed by atoms with E-state index in [0.29, 0.717) is 0 Å². The first kappa shape index (κ1) is 11.9. The second-order valence-electron chi connectivity index (χ2n) is 5.22. The van der Waals surface area contributed by atoms with Gasteiger partial charge >= 0.3 is 0 Å². The summed E-state index contributed by atoms with van der Waals surface area (Å²) >= 11 is 0. The lowest BCUT2D eigenvalue weighted by Gasteiger charge is -2.04. The van der Waals surface area contributed by atoms with Gasteiger partial charge in [-0.1, -0.05) is 43.9 Å². The Balaban J connectivity index is 2.33. The first-order chi connectivity index (χ1) is 8.06. The van der Waals surface area contributed by atoms with E-state index in [0.717, 1.165) is 11.9 Å². The topological polar surface area (TPSA) is 12.9 Å². The highest BCUT2D eigenvalue weighted by atomic mass is 28.3. The number of aromatic nitrogens is 1. The smallest absolute Gasteiger partial charge is 0.129 e. The van der Waals surface area contributed by atoms with Crippen LogP contribution in [0.25, 0.3) is 10.9 Å². The van der Waals surface area contributed by atoms with Crippen LogP contribution >= 0.6 is 0 Å². The van der Waals surface area contributed by atoms with Gasteiger partial charge in [0.15, 0.2) is 0 Å². The van der Waals surface area contributed by atoms with Gasteiger partial charge in [0.1, 0.15) is 8.07 Å². The Kier molecular flexibility index (Phi) is 3.30. The molecule has 0 aliphatic rings. The molecule has 0 spiro atoms. The number of benzene rings is 1. The fraction of sp³-hybridized carbons (Fsp3) is 0.267. The van der Waals surface area contributed by atoms with Gasteiger partial charge in [0.05, 0.1) is 5.52 Å². The third kappa shape index (κ3) is 3.18. The second-order valence-corrected chi connectivity index (χ2v) is 9.97. The second kappa shape index (κ2) is 4.73. The van der Waals surface area contributed by atoms with Crippen molar-refractivity contribution in [1.29, 1.82) is 0 Å². The Morgan fingerprint density at radius 3 is 2.65 bits per heavy atom. The van der Waals surface area contributed by atoms with Crippen LogP contribution in [0.5, 0.6) is 0 Å². The number of rotatable bonds is 1. The van der Waals surface area contributed by atoms with Crippen molar-refractivity contribution in [3.05, 3.63) is 42.1 Å². The molecule has 86 valence electrons. The van der Waals surface area contributed by atoms with Gasteiger partial charge in [-0.15, -0.1) is 11.5 Å². The van der Waals surface area contributed by atoms with Gasteiger partial charge in [0.2, 0.25) is 0 Å². The van der Waals surface area contributed by atoms with E-state index >= 15 is 0 Å². The molecule has 0 amide bonds. The quantitative estimate of drug-likeness (QED) is 0.547. The summed E-state index contributed by atoms with van der Waals surface area (Å²) in [7, 11) is -1.26. The molecule has 1 aromatic heterocycles. The van der Waals surface area contributed by atoms with Crippen molar-refractivity contribution < 1.29 is 0 Å². The number of para-hydroxylation sites is 1. The van der Waals surface area contributed by atoms with Gasteiger partial charge in [0, 0.05) is 18.0 Å². The fourth-order valence-electron chi connectivity index (χ4n) is 1.71. The molecule has 0 saturated heterocycles. The Morgan fingerprint density at radius 2 is 1.88 bits per heavy atom. The minimum Gasteiger partial charge on any atom is -0.256 e. The summed E-state index contributed by atoms with van der Waals surface area (Å²) in [5.74, 6) is 3.31. The van der Waals surface area contributed by atoms with Crippen molar-refractivity contribution in [2.24, 2.45) is 0 Å². The molecule has 0 radical (unpaired) electrons. The Labute approximate surface area is 104 Å². The number of pyridine rings is 1. The molecular weight excluding hydrogens is 222 g/mol. The third-order valence-electron chi connectivity index (χ3n) is 2.46. The predicted octanol–water partition coefficient (Wildman–Crippen LogP) is 3.66. The molecule has 2 heteroatoms. The van der Waals surface area contributed by atoms with Gasteiger partial charge in [-0.05, 0) is 11.6 Å². The van der Waals surface area contributed by atoms with Crippen molar-refractivity contribution >= 4 is 19.0 Å². The van der Waals surface area contributed by atoms with E-state index in [-0.39, 0.29) is 0 Å². The third-order valence-corrected chi connectivity index (χ3v) is 3.39. The zero-order valence-corrected chi connectivity index (χ0v) is 11.6. The molecule has 0 aliphatic heterocycles. The van der Waals surface area contributed by atoms with Gasteiger partial charge in [0.25, 0.3) is 0 Å². The van der Waals surface area contributed by atoms with E-state index in [1.165, 1.54) is 10.9 Å². The molecule has 0 atom stereocenters. The van der Waals surface area contributed by atoms with Gasteiger partial charge in [-0.25, -0.2) is 0 Å². The van der Waals surface area contributed by atoms with Crippen LogP contribution in [0.3, 0.4) is 0 Å². The lowest BCUT2D eigenvalue weighted by molar-refractivity contribution is 1.30. The summed E-state index contributed by atoms with van der Waals surface area (Å²) in [6.07, 6.45) is 2.65. The van der Waals surface area contributed by atoms with E-state index in [1.54, 1.807) is 0 Å². The molecular formula is C15H17NSi. The predicted molar refractivity (Wildman–Crippen MR) is 76.6 cm³/mol. The van der Waals surface area contributed by atoms with Crippen LogP contribution in [0.15, 0.2) is 36.5 Å². The number of fused-ring (bicyclic) bond motifs is 1. The maximum Gasteiger partial charge on any atom is 0.129 e. The summed E-state index contributed by atoms with van der Waals surface area (Å²) < 4.78 is 0. The molecule has 0 bridgehead atoms. The standard InChI is InChI=1S/C15H17NSi/c1-17(2,3)12-6-10-14-8-4-7-13-9-5-11-16-15(13)14/h4-5,7-9,11H,10H2,1-3H3. The van der Waals surface area contributed by atoms with Gasteiger partial charge < -0.3 is 0 Å². The first-order valence-electron chi connectivity index (χ1n) is 5.89. The summed E-state index contributed by atoms with van der Waals surface area (Å²) in [6, 6.07) is 10.4. The summed E-state index contributed by atoms with van der Waals surface area (Å²) in [6.45, 7) is 6.80. The van der Waals surface area contributed by atoms with E-state index in [4.69, 9.17) is 0 Å². The first-order valence-corrected chi connectivity index (χ1v) is 9.39. The van der Waals surface area contributed by atoms with Crippen molar-refractivity contribution in [2.75, 3.05) is 0 Å². The van der Waals surface area contributed by atoms with Crippen molar-refractivity contribution in [3.8, 4) is 11.5 Å². The van der Waals surface area contributed by atoms with Crippen molar-refractivity contribution in [2.45, 2.75) is 26.1 Å². The molecule has 1 nitrogen and oxygen atoms in total. The summed E-state index contributed by atoms with van der Waals surface area (Å²) in [5, 5.41) is 1.19. The minimum atomic E-state index is -1.26. The zero-order valence-electron chi connectivity index (χ0n) is 10.6. The fourth-order valence-corrected chi connectivity index (χ4v) is 2.33. The molecule has 1 aromatic carbocycles. The van der Waals surface area contributed by atoms with E-state index in [2.05, 4.69) is 60.4 Å². The monoisotopic (exact) mass is 239 g/mol. The van der Waals surface area contributed by atoms with E-state index in [9.17, 15) is 0 Å². The van der Waals surface area contributed by atoms with Gasteiger partial charge in [-0.3, -0.25) is 4.98 Å². The van der Waals surface area contributed by atoms with Crippen molar-refractivity contribution in [3.63, 3.8) is 0 Å². The van der Waals surface area contributed by atoms with Crippen LogP contribution in [0.4, 0.5) is 0 Å². The highest BCUT2D eigenvalue weighted by molar-refractivity contribution is 6.83. The molecule has 0 aliphatic carbocycles. The molecule has 1 heterocycles. The normalized spacial score (nSPS) is 11.0. The minimum absolute atomic E-state index is 0.804. The summed E-state index contributed by atoms with van der Waals surface area (Å²) in [4.78, 5) is 4.44. The van der Waals surface area contributed by atoms with Crippen LogP contribution in [0, 0.1) is 11.5 Å². The molecule has 0 fully saturated rings. The number of nitrogens with zero attached hydrogens (tertiary/aromatic N) is 1. The highest BCUT2D eigenvalue weighted by Crippen LogP contribution is 2.16. The number of hydrogen-bond donors (Lipinski definition) is 0. The Bertz CT molecular complexity index is 580. The largest absolute Gasteiger partial charge is 0.256 e. The van der Waals surface area contributed by atoms with E-state index in [1.807, 2.05) is 12.3 Å². The zero-order chi connectivity index (χ0) is 12.3. The Morgan fingerprint density at radius 1 is 1.12 bits per heavy atom. The van der Waals surface area contributed by atoms with Crippen LogP contribution < -0.4 is 0 Å². The van der Waals surface area contributed by atoms with Gasteiger partial charge in [-0.2, -0.15) is 0 Å². The van der Waals surface area contributed by atoms with Crippen LogP contribution in [-0.2, 0) is 6.42 Å².